The van der Waals surface area contributed by atoms with Gasteiger partial charge >= 0.3 is 0 Å². The third-order valence-corrected chi connectivity index (χ3v) is 5.87. The Labute approximate surface area is 186 Å². The number of hydrogen-bond donors (Lipinski definition) is 1. The van der Waals surface area contributed by atoms with Gasteiger partial charge < -0.3 is 19.9 Å². The number of amides is 1. The molecule has 2 aromatic carbocycles. The van der Waals surface area contributed by atoms with E-state index < -0.39 is 0 Å². The topological polar surface area (TPSA) is 86.3 Å². The highest BCUT2D eigenvalue weighted by Gasteiger charge is 2.27. The van der Waals surface area contributed by atoms with E-state index in [2.05, 4.69) is 56.0 Å². The predicted molar refractivity (Wildman–Crippen MR) is 123 cm³/mol. The van der Waals surface area contributed by atoms with Crippen LogP contribution in [0.4, 0.5) is 5.82 Å². The minimum atomic E-state index is -0.324. The van der Waals surface area contributed by atoms with Crippen molar-refractivity contribution in [1.82, 2.24) is 14.5 Å². The molecule has 2 N–H and O–H groups in total. The van der Waals surface area contributed by atoms with Crippen LogP contribution in [0.1, 0.15) is 22.7 Å². The Hall–Kier alpha value is -3.71. The summed E-state index contributed by atoms with van der Waals surface area (Å²) in [5.74, 6) is 0.609. The van der Waals surface area contributed by atoms with Gasteiger partial charge in [-0.3, -0.25) is 4.79 Å². The van der Waals surface area contributed by atoms with E-state index in [1.165, 1.54) is 5.56 Å². The van der Waals surface area contributed by atoms with Gasteiger partial charge in [-0.1, -0.05) is 54.6 Å². The SMILES string of the molecule is NC(=O)Cc1ccc(Cn2ccc3c(N4CCOCC4c4ccccc4)ncnc32)cc1. The summed E-state index contributed by atoms with van der Waals surface area (Å²) in [6.45, 7) is 2.77. The molecule has 0 saturated carbocycles. The first kappa shape index (κ1) is 20.2. The summed E-state index contributed by atoms with van der Waals surface area (Å²) in [6.07, 6.45) is 3.95. The van der Waals surface area contributed by atoms with Crippen LogP contribution in [0, 0.1) is 0 Å². The molecule has 1 aliphatic rings. The summed E-state index contributed by atoms with van der Waals surface area (Å²) >= 11 is 0. The van der Waals surface area contributed by atoms with Crippen molar-refractivity contribution < 1.29 is 9.53 Å². The van der Waals surface area contributed by atoms with E-state index in [4.69, 9.17) is 10.5 Å². The number of anilines is 1. The van der Waals surface area contributed by atoms with Crippen molar-refractivity contribution in [3.05, 3.63) is 89.9 Å². The molecule has 1 atom stereocenters. The number of primary amides is 1. The Bertz CT molecular complexity index is 1220. The second kappa shape index (κ2) is 8.80. The normalized spacial score (nSPS) is 16.4. The average Bonchev–Trinajstić information content (AvgIpc) is 3.23. The monoisotopic (exact) mass is 427 g/mol. The summed E-state index contributed by atoms with van der Waals surface area (Å²) in [7, 11) is 0. The summed E-state index contributed by atoms with van der Waals surface area (Å²) < 4.78 is 7.93. The smallest absolute Gasteiger partial charge is 0.221 e. The lowest BCUT2D eigenvalue weighted by atomic mass is 10.0. The molecule has 0 aliphatic carbocycles. The van der Waals surface area contributed by atoms with Crippen LogP contribution >= 0.6 is 0 Å². The fraction of sp³-hybridized carbons (Fsp3) is 0.240. The maximum absolute atomic E-state index is 11.1. The molecule has 7 heteroatoms. The number of ether oxygens (including phenoxy) is 1. The van der Waals surface area contributed by atoms with Gasteiger partial charge in [0.05, 0.1) is 31.1 Å². The minimum absolute atomic E-state index is 0.115. The Balaban J connectivity index is 1.44. The third kappa shape index (κ3) is 4.07. The van der Waals surface area contributed by atoms with E-state index in [-0.39, 0.29) is 18.4 Å². The first-order valence-corrected chi connectivity index (χ1v) is 10.7. The molecular formula is C25H25N5O2. The van der Waals surface area contributed by atoms with Crippen LogP contribution in [0.2, 0.25) is 0 Å². The standard InChI is InChI=1S/C25H25N5O2/c26-23(31)14-18-6-8-19(9-7-18)15-29-11-10-21-24(29)27-17-28-25(21)30-12-13-32-16-22(30)20-4-2-1-3-5-20/h1-11,17,22H,12-16H2,(H2,26,31). The number of fused-ring (bicyclic) bond motifs is 1. The highest BCUT2D eigenvalue weighted by atomic mass is 16.5. The zero-order valence-electron chi connectivity index (χ0n) is 17.7. The number of nitrogens with zero attached hydrogens (tertiary/aromatic N) is 4. The zero-order valence-corrected chi connectivity index (χ0v) is 17.7. The van der Waals surface area contributed by atoms with Gasteiger partial charge in [0.1, 0.15) is 17.8 Å². The second-order valence-electron chi connectivity index (χ2n) is 8.03. The second-order valence-corrected chi connectivity index (χ2v) is 8.03. The van der Waals surface area contributed by atoms with Gasteiger partial charge in [-0.2, -0.15) is 0 Å². The van der Waals surface area contributed by atoms with E-state index in [9.17, 15) is 4.79 Å². The lowest BCUT2D eigenvalue weighted by Crippen LogP contribution is -2.40. The molecule has 162 valence electrons. The molecule has 0 bridgehead atoms. The van der Waals surface area contributed by atoms with Crippen LogP contribution in [0.25, 0.3) is 11.0 Å². The summed E-state index contributed by atoms with van der Waals surface area (Å²) in [5, 5.41) is 1.03. The van der Waals surface area contributed by atoms with Gasteiger partial charge in [-0.05, 0) is 22.8 Å². The van der Waals surface area contributed by atoms with Gasteiger partial charge in [0.2, 0.25) is 5.91 Å². The summed E-state index contributed by atoms with van der Waals surface area (Å²) in [4.78, 5) is 22.7. The van der Waals surface area contributed by atoms with Crippen LogP contribution in [-0.4, -0.2) is 40.2 Å². The minimum Gasteiger partial charge on any atom is -0.377 e. The van der Waals surface area contributed by atoms with Gasteiger partial charge in [0.25, 0.3) is 0 Å². The molecule has 5 rings (SSSR count). The lowest BCUT2D eigenvalue weighted by molar-refractivity contribution is -0.117. The Morgan fingerprint density at radius 2 is 1.81 bits per heavy atom. The number of carbonyl (C=O) groups is 1. The molecule has 0 radical (unpaired) electrons. The van der Waals surface area contributed by atoms with Gasteiger partial charge in [-0.15, -0.1) is 0 Å². The van der Waals surface area contributed by atoms with Crippen molar-refractivity contribution in [2.45, 2.75) is 19.0 Å². The molecule has 1 fully saturated rings. The number of benzene rings is 2. The molecule has 3 heterocycles. The first-order valence-electron chi connectivity index (χ1n) is 10.7. The largest absolute Gasteiger partial charge is 0.377 e. The highest BCUT2D eigenvalue weighted by Crippen LogP contribution is 2.33. The quantitative estimate of drug-likeness (QED) is 0.511. The predicted octanol–water partition coefficient (Wildman–Crippen LogP) is 3.09. The van der Waals surface area contributed by atoms with Crippen LogP contribution in [0.3, 0.4) is 0 Å². The maximum Gasteiger partial charge on any atom is 0.221 e. The van der Waals surface area contributed by atoms with Crippen molar-refractivity contribution in [1.29, 1.82) is 0 Å². The average molecular weight is 428 g/mol. The molecule has 1 amide bonds. The number of nitrogens with two attached hydrogens (primary N) is 1. The molecule has 4 aromatic rings. The maximum atomic E-state index is 11.1. The van der Waals surface area contributed by atoms with E-state index in [0.717, 1.165) is 34.5 Å². The molecule has 0 spiro atoms. The molecule has 7 nitrogen and oxygen atoms in total. The molecule has 1 aliphatic heterocycles. The van der Waals surface area contributed by atoms with Crippen molar-refractivity contribution >= 4 is 22.8 Å². The number of aromatic nitrogens is 3. The molecule has 2 aromatic heterocycles. The highest BCUT2D eigenvalue weighted by molar-refractivity contribution is 5.88. The van der Waals surface area contributed by atoms with Crippen LogP contribution in [-0.2, 0) is 22.5 Å². The Morgan fingerprint density at radius 3 is 2.59 bits per heavy atom. The molecule has 32 heavy (non-hydrogen) atoms. The summed E-state index contributed by atoms with van der Waals surface area (Å²) in [6, 6.07) is 20.6. The molecular weight excluding hydrogens is 402 g/mol. The Morgan fingerprint density at radius 1 is 1.03 bits per heavy atom. The molecule has 1 unspecified atom stereocenters. The van der Waals surface area contributed by atoms with Gasteiger partial charge in [-0.25, -0.2) is 9.97 Å². The fourth-order valence-electron chi connectivity index (χ4n) is 4.32. The number of carbonyl (C=O) groups excluding carboxylic acids is 1. The lowest BCUT2D eigenvalue weighted by Gasteiger charge is -2.37. The number of morpholine rings is 1. The van der Waals surface area contributed by atoms with E-state index >= 15 is 0 Å². The van der Waals surface area contributed by atoms with Crippen molar-refractivity contribution in [3.63, 3.8) is 0 Å². The van der Waals surface area contributed by atoms with Crippen LogP contribution in [0.5, 0.6) is 0 Å². The van der Waals surface area contributed by atoms with Gasteiger partial charge in [0.15, 0.2) is 0 Å². The third-order valence-electron chi connectivity index (χ3n) is 5.87. The van der Waals surface area contributed by atoms with E-state index in [1.807, 2.05) is 30.3 Å². The van der Waals surface area contributed by atoms with Crippen LogP contribution in [0.15, 0.2) is 73.2 Å². The first-order chi connectivity index (χ1) is 15.7. The van der Waals surface area contributed by atoms with E-state index in [0.29, 0.717) is 19.8 Å². The van der Waals surface area contributed by atoms with Crippen molar-refractivity contribution in [3.8, 4) is 0 Å². The van der Waals surface area contributed by atoms with Crippen molar-refractivity contribution in [2.75, 3.05) is 24.7 Å². The number of hydrogen-bond acceptors (Lipinski definition) is 5. The van der Waals surface area contributed by atoms with Crippen molar-refractivity contribution in [2.24, 2.45) is 5.73 Å². The zero-order chi connectivity index (χ0) is 21.9. The molecule has 1 saturated heterocycles. The fourth-order valence-corrected chi connectivity index (χ4v) is 4.32. The van der Waals surface area contributed by atoms with E-state index in [1.54, 1.807) is 6.33 Å². The van der Waals surface area contributed by atoms with Gasteiger partial charge in [0, 0.05) is 19.3 Å². The number of rotatable bonds is 6. The summed E-state index contributed by atoms with van der Waals surface area (Å²) in [5.41, 5.74) is 9.45. The Kier molecular flexibility index (Phi) is 5.56. The van der Waals surface area contributed by atoms with Crippen LogP contribution < -0.4 is 10.6 Å².